The average molecular weight is 285 g/mol. The van der Waals surface area contributed by atoms with Crippen LogP contribution in [0.3, 0.4) is 0 Å². The molecule has 1 saturated heterocycles. The second-order valence-electron chi connectivity index (χ2n) is 5.37. The molecule has 0 bridgehead atoms. The van der Waals surface area contributed by atoms with E-state index in [0.29, 0.717) is 13.0 Å². The van der Waals surface area contributed by atoms with Crippen molar-refractivity contribution >= 4 is 23.8 Å². The molecule has 112 valence electrons. The Bertz CT molecular complexity index is 433. The van der Waals surface area contributed by atoms with Crippen molar-refractivity contribution in [1.82, 2.24) is 16.0 Å². The van der Waals surface area contributed by atoms with E-state index in [1.165, 1.54) is 13.8 Å². The maximum absolute atomic E-state index is 11.6. The minimum absolute atomic E-state index is 0.287. The van der Waals surface area contributed by atoms with E-state index in [1.54, 1.807) is 0 Å². The Morgan fingerprint density at radius 3 is 2.60 bits per heavy atom. The molecule has 8 nitrogen and oxygen atoms in total. The van der Waals surface area contributed by atoms with Gasteiger partial charge in [0.25, 0.3) is 0 Å². The van der Waals surface area contributed by atoms with Crippen molar-refractivity contribution in [2.45, 2.75) is 39.2 Å². The molecule has 1 aliphatic rings. The smallest absolute Gasteiger partial charge is 0.322 e. The molecular formula is C12H19N3O5. The summed E-state index contributed by atoms with van der Waals surface area (Å²) >= 11 is 0. The van der Waals surface area contributed by atoms with Gasteiger partial charge in [0.2, 0.25) is 11.8 Å². The van der Waals surface area contributed by atoms with Gasteiger partial charge >= 0.3 is 12.0 Å². The maximum Gasteiger partial charge on any atom is 0.322 e. The number of nitrogens with one attached hydrogen (secondary N) is 3. The molecule has 1 unspecified atom stereocenters. The second-order valence-corrected chi connectivity index (χ2v) is 5.37. The van der Waals surface area contributed by atoms with Gasteiger partial charge in [-0.05, 0) is 26.7 Å². The molecule has 0 spiro atoms. The molecule has 0 aromatic rings. The highest BCUT2D eigenvalue weighted by Gasteiger charge is 2.31. The third-order valence-electron chi connectivity index (χ3n) is 3.03. The number of carbonyl (C=O) groups is 4. The fourth-order valence-corrected chi connectivity index (χ4v) is 1.75. The Morgan fingerprint density at radius 2 is 2.05 bits per heavy atom. The number of aliphatic carboxylic acids is 1. The third kappa shape index (κ3) is 4.52. The summed E-state index contributed by atoms with van der Waals surface area (Å²) in [5.74, 6) is -2.12. The summed E-state index contributed by atoms with van der Waals surface area (Å²) in [4.78, 5) is 45.4. The quantitative estimate of drug-likeness (QED) is 0.559. The molecule has 8 heteroatoms. The number of imide groups is 1. The average Bonchev–Trinajstić information content (AvgIpc) is 2.30. The van der Waals surface area contributed by atoms with E-state index in [0.717, 1.165) is 6.42 Å². The van der Waals surface area contributed by atoms with Crippen molar-refractivity contribution in [2.24, 2.45) is 5.41 Å². The van der Waals surface area contributed by atoms with Crippen LogP contribution in [-0.4, -0.2) is 41.5 Å². The van der Waals surface area contributed by atoms with Crippen LogP contribution in [0.25, 0.3) is 0 Å². The standard InChI is InChI=1S/C12H19N3O5/c1-12(2,10(18)19)6-8(16)15-11(20)14-7-4-3-5-13-9(7)17/h7H,3-6H2,1-2H3,(H,13,17)(H,18,19)(H2,14,15,16,20). The van der Waals surface area contributed by atoms with Gasteiger partial charge in [-0.2, -0.15) is 0 Å². The van der Waals surface area contributed by atoms with Crippen LogP contribution >= 0.6 is 0 Å². The van der Waals surface area contributed by atoms with E-state index in [9.17, 15) is 19.2 Å². The number of urea groups is 1. The summed E-state index contributed by atoms with van der Waals surface area (Å²) in [5.41, 5.74) is -1.26. The van der Waals surface area contributed by atoms with E-state index in [-0.39, 0.29) is 12.3 Å². The Hall–Kier alpha value is -2.12. The Balaban J connectivity index is 2.44. The molecular weight excluding hydrogens is 266 g/mol. The zero-order valence-electron chi connectivity index (χ0n) is 11.5. The van der Waals surface area contributed by atoms with E-state index in [1.807, 2.05) is 5.32 Å². The maximum atomic E-state index is 11.6. The predicted molar refractivity (Wildman–Crippen MR) is 68.7 cm³/mol. The van der Waals surface area contributed by atoms with Gasteiger partial charge in [0.15, 0.2) is 0 Å². The molecule has 20 heavy (non-hydrogen) atoms. The molecule has 4 N–H and O–H groups in total. The fraction of sp³-hybridized carbons (Fsp3) is 0.667. The van der Waals surface area contributed by atoms with Gasteiger partial charge in [-0.15, -0.1) is 0 Å². The number of amides is 4. The van der Waals surface area contributed by atoms with Crippen molar-refractivity contribution in [1.29, 1.82) is 0 Å². The van der Waals surface area contributed by atoms with Crippen molar-refractivity contribution in [3.8, 4) is 0 Å². The van der Waals surface area contributed by atoms with Crippen LogP contribution in [0.2, 0.25) is 0 Å². The summed E-state index contributed by atoms with van der Waals surface area (Å²) in [6.07, 6.45) is 0.928. The van der Waals surface area contributed by atoms with Crippen LogP contribution in [-0.2, 0) is 14.4 Å². The number of rotatable bonds is 4. The summed E-state index contributed by atoms with van der Waals surface area (Å²) in [5, 5.41) is 15.9. The fourth-order valence-electron chi connectivity index (χ4n) is 1.75. The molecule has 4 amide bonds. The normalized spacial score (nSPS) is 18.9. The molecule has 0 aromatic carbocycles. The lowest BCUT2D eigenvalue weighted by atomic mass is 9.89. The van der Waals surface area contributed by atoms with Crippen molar-refractivity contribution in [3.63, 3.8) is 0 Å². The van der Waals surface area contributed by atoms with Gasteiger partial charge in [0.1, 0.15) is 6.04 Å². The zero-order valence-corrected chi connectivity index (χ0v) is 11.5. The summed E-state index contributed by atoms with van der Waals surface area (Å²) < 4.78 is 0. The van der Waals surface area contributed by atoms with E-state index < -0.39 is 29.4 Å². The lowest BCUT2D eigenvalue weighted by molar-refractivity contribution is -0.149. The highest BCUT2D eigenvalue weighted by molar-refractivity contribution is 5.98. The molecule has 1 heterocycles. The molecule has 1 aliphatic heterocycles. The predicted octanol–water partition coefficient (Wildman–Crippen LogP) is -0.408. The van der Waals surface area contributed by atoms with Crippen molar-refractivity contribution in [3.05, 3.63) is 0 Å². The summed E-state index contributed by atoms with van der Waals surface area (Å²) in [6.45, 7) is 3.35. The third-order valence-corrected chi connectivity index (χ3v) is 3.03. The van der Waals surface area contributed by atoms with Gasteiger partial charge in [-0.3, -0.25) is 19.7 Å². The first-order valence-corrected chi connectivity index (χ1v) is 6.34. The Morgan fingerprint density at radius 1 is 1.40 bits per heavy atom. The van der Waals surface area contributed by atoms with Gasteiger partial charge in [-0.25, -0.2) is 4.79 Å². The number of carbonyl (C=O) groups excluding carboxylic acids is 3. The van der Waals surface area contributed by atoms with Gasteiger partial charge in [0, 0.05) is 13.0 Å². The largest absolute Gasteiger partial charge is 0.481 e. The molecule has 0 radical (unpaired) electrons. The first-order valence-electron chi connectivity index (χ1n) is 6.34. The molecule has 1 atom stereocenters. The van der Waals surface area contributed by atoms with Gasteiger partial charge in [0.05, 0.1) is 5.41 Å². The van der Waals surface area contributed by atoms with Crippen molar-refractivity contribution in [2.75, 3.05) is 6.54 Å². The Kier molecular flexibility index (Phi) is 5.06. The van der Waals surface area contributed by atoms with E-state index in [4.69, 9.17) is 5.11 Å². The molecule has 0 saturated carbocycles. The summed E-state index contributed by atoms with van der Waals surface area (Å²) in [7, 11) is 0. The lowest BCUT2D eigenvalue weighted by Crippen LogP contribution is -2.53. The number of hydrogen-bond donors (Lipinski definition) is 4. The second kappa shape index (κ2) is 6.36. The molecule has 1 rings (SSSR count). The van der Waals surface area contributed by atoms with Crippen LogP contribution in [0.5, 0.6) is 0 Å². The van der Waals surface area contributed by atoms with Gasteiger partial charge < -0.3 is 15.7 Å². The van der Waals surface area contributed by atoms with Crippen molar-refractivity contribution < 1.29 is 24.3 Å². The Labute approximate surface area is 116 Å². The van der Waals surface area contributed by atoms with Crippen LogP contribution in [0.1, 0.15) is 33.1 Å². The lowest BCUT2D eigenvalue weighted by Gasteiger charge is -2.23. The topological polar surface area (TPSA) is 125 Å². The van der Waals surface area contributed by atoms with Crippen LogP contribution in [0, 0.1) is 5.41 Å². The summed E-state index contributed by atoms with van der Waals surface area (Å²) in [6, 6.07) is -1.46. The minimum Gasteiger partial charge on any atom is -0.481 e. The number of piperidine rings is 1. The zero-order chi connectivity index (χ0) is 15.3. The van der Waals surface area contributed by atoms with Crippen LogP contribution in [0.4, 0.5) is 4.79 Å². The van der Waals surface area contributed by atoms with E-state index >= 15 is 0 Å². The van der Waals surface area contributed by atoms with Crippen LogP contribution in [0.15, 0.2) is 0 Å². The molecule has 0 aromatic heterocycles. The minimum atomic E-state index is -1.26. The number of carboxylic acids is 1. The first kappa shape index (κ1) is 15.9. The van der Waals surface area contributed by atoms with E-state index in [2.05, 4.69) is 10.6 Å². The number of carboxylic acid groups (broad SMARTS) is 1. The SMILES string of the molecule is CC(C)(CC(=O)NC(=O)NC1CCCNC1=O)C(=O)O. The molecule has 1 fully saturated rings. The van der Waals surface area contributed by atoms with Gasteiger partial charge in [-0.1, -0.05) is 0 Å². The highest BCUT2D eigenvalue weighted by atomic mass is 16.4. The van der Waals surface area contributed by atoms with Crippen LogP contribution < -0.4 is 16.0 Å². The first-order chi connectivity index (χ1) is 9.22. The monoisotopic (exact) mass is 285 g/mol. The highest BCUT2D eigenvalue weighted by Crippen LogP contribution is 2.19. The molecule has 0 aliphatic carbocycles. The number of hydrogen-bond acceptors (Lipinski definition) is 4.